The minimum Gasteiger partial charge on any atom is -0.330 e. The predicted molar refractivity (Wildman–Crippen MR) is 63.7 cm³/mol. The average molecular weight is 208 g/mol. The Labute approximate surface area is 91.6 Å². The molecule has 15 heavy (non-hydrogen) atoms. The summed E-state index contributed by atoms with van der Waals surface area (Å²) in [4.78, 5) is 5.44. The van der Waals surface area contributed by atoms with Crippen LogP contribution >= 0.6 is 0 Å². The minimum absolute atomic E-state index is 0.185. The largest absolute Gasteiger partial charge is 0.330 e. The van der Waals surface area contributed by atoms with Gasteiger partial charge in [0.1, 0.15) is 0 Å². The summed E-state index contributed by atoms with van der Waals surface area (Å²) in [6.07, 6.45) is 0.917. The molecule has 0 unspecified atom stereocenters. The van der Waals surface area contributed by atoms with Crippen molar-refractivity contribution < 1.29 is 4.84 Å². The van der Waals surface area contributed by atoms with Gasteiger partial charge in [-0.15, -0.1) is 0 Å². The first-order valence-electron chi connectivity index (χ1n) is 5.24. The van der Waals surface area contributed by atoms with Crippen molar-refractivity contribution in [1.29, 1.82) is 0 Å². The third-order valence-corrected chi connectivity index (χ3v) is 1.86. The molecule has 3 heteroatoms. The molecule has 0 radical (unpaired) electrons. The van der Waals surface area contributed by atoms with Crippen LogP contribution in [0.4, 0.5) is 5.69 Å². The molecule has 1 rings (SSSR count). The van der Waals surface area contributed by atoms with E-state index >= 15 is 0 Å². The molecule has 0 spiro atoms. The Morgan fingerprint density at radius 2 is 1.80 bits per heavy atom. The van der Waals surface area contributed by atoms with Crippen LogP contribution in [0.1, 0.15) is 26.3 Å². The molecule has 0 aromatic heterocycles. The first-order chi connectivity index (χ1) is 7.01. The average Bonchev–Trinajstić information content (AvgIpc) is 2.16. The van der Waals surface area contributed by atoms with Gasteiger partial charge < -0.3 is 5.73 Å². The molecule has 1 aromatic rings. The van der Waals surface area contributed by atoms with Crippen LogP contribution in [0.3, 0.4) is 0 Å². The van der Waals surface area contributed by atoms with Gasteiger partial charge >= 0.3 is 0 Å². The Morgan fingerprint density at radius 3 is 2.27 bits per heavy atom. The van der Waals surface area contributed by atoms with E-state index in [1.165, 1.54) is 5.56 Å². The smallest absolute Gasteiger partial charge is 0.0876 e. The molecule has 84 valence electrons. The van der Waals surface area contributed by atoms with E-state index in [0.717, 1.165) is 12.1 Å². The minimum atomic E-state index is -0.185. The summed E-state index contributed by atoms with van der Waals surface area (Å²) in [7, 11) is 0. The second kappa shape index (κ2) is 5.14. The van der Waals surface area contributed by atoms with Crippen LogP contribution in [0.15, 0.2) is 24.3 Å². The van der Waals surface area contributed by atoms with E-state index in [-0.39, 0.29) is 5.60 Å². The van der Waals surface area contributed by atoms with E-state index in [2.05, 4.69) is 17.6 Å². The lowest BCUT2D eigenvalue weighted by molar-refractivity contribution is 0.0375. The lowest BCUT2D eigenvalue weighted by Gasteiger charge is -2.19. The van der Waals surface area contributed by atoms with Crippen molar-refractivity contribution in [2.75, 3.05) is 12.0 Å². The van der Waals surface area contributed by atoms with E-state index in [0.29, 0.717) is 6.54 Å². The van der Waals surface area contributed by atoms with Gasteiger partial charge in [-0.05, 0) is 51.4 Å². The molecule has 3 N–H and O–H groups in total. The summed E-state index contributed by atoms with van der Waals surface area (Å²) in [5.41, 5.74) is 10.4. The Kier molecular flexibility index (Phi) is 4.12. The zero-order valence-corrected chi connectivity index (χ0v) is 9.71. The molecule has 0 bridgehead atoms. The third-order valence-electron chi connectivity index (χ3n) is 1.86. The molecule has 0 saturated heterocycles. The van der Waals surface area contributed by atoms with Gasteiger partial charge in [0.2, 0.25) is 0 Å². The highest BCUT2D eigenvalue weighted by Gasteiger charge is 2.09. The molecule has 0 fully saturated rings. The maximum absolute atomic E-state index is 5.47. The fourth-order valence-electron chi connectivity index (χ4n) is 1.12. The van der Waals surface area contributed by atoms with E-state index < -0.39 is 0 Å². The van der Waals surface area contributed by atoms with E-state index in [4.69, 9.17) is 10.6 Å². The molecule has 0 atom stereocenters. The van der Waals surface area contributed by atoms with Gasteiger partial charge in [-0.25, -0.2) is 0 Å². The van der Waals surface area contributed by atoms with Gasteiger partial charge in [0, 0.05) is 0 Å². The van der Waals surface area contributed by atoms with Crippen LogP contribution in [0.25, 0.3) is 0 Å². The van der Waals surface area contributed by atoms with E-state index in [9.17, 15) is 0 Å². The molecule has 0 heterocycles. The van der Waals surface area contributed by atoms with Crippen molar-refractivity contribution in [2.45, 2.75) is 32.8 Å². The van der Waals surface area contributed by atoms with Crippen molar-refractivity contribution in [3.8, 4) is 0 Å². The lowest BCUT2D eigenvalue weighted by Crippen LogP contribution is -2.22. The summed E-state index contributed by atoms with van der Waals surface area (Å²) < 4.78 is 0. The number of benzene rings is 1. The number of rotatable bonds is 4. The second-order valence-corrected chi connectivity index (χ2v) is 4.55. The van der Waals surface area contributed by atoms with E-state index in [1.807, 2.05) is 32.9 Å². The number of nitrogens with one attached hydrogen (secondary N) is 1. The predicted octanol–water partition coefficient (Wildman–Crippen LogP) is 2.33. The first kappa shape index (κ1) is 12.0. The Bertz CT molecular complexity index is 287. The number of anilines is 1. The van der Waals surface area contributed by atoms with Crippen molar-refractivity contribution in [1.82, 2.24) is 0 Å². The standard InChI is InChI=1S/C12H20N2O/c1-12(2,3)15-14-11-6-4-10(5-7-11)8-9-13/h4-7,14H,8-9,13H2,1-3H3. The topological polar surface area (TPSA) is 47.3 Å². The van der Waals surface area contributed by atoms with Gasteiger partial charge in [-0.2, -0.15) is 0 Å². The molecule has 3 nitrogen and oxygen atoms in total. The fraction of sp³-hybridized carbons (Fsp3) is 0.500. The zero-order chi connectivity index (χ0) is 11.3. The second-order valence-electron chi connectivity index (χ2n) is 4.55. The van der Waals surface area contributed by atoms with Crippen LogP contribution in [-0.2, 0) is 11.3 Å². The van der Waals surface area contributed by atoms with Crippen LogP contribution in [0, 0.1) is 0 Å². The van der Waals surface area contributed by atoms with Crippen molar-refractivity contribution in [2.24, 2.45) is 5.73 Å². The SMILES string of the molecule is CC(C)(C)ONc1ccc(CCN)cc1. The highest BCUT2D eigenvalue weighted by molar-refractivity contribution is 5.42. The van der Waals surface area contributed by atoms with E-state index in [1.54, 1.807) is 0 Å². The first-order valence-corrected chi connectivity index (χ1v) is 5.24. The summed E-state index contributed by atoms with van der Waals surface area (Å²) in [6, 6.07) is 8.11. The zero-order valence-electron chi connectivity index (χ0n) is 9.71. The van der Waals surface area contributed by atoms with Crippen LogP contribution in [-0.4, -0.2) is 12.1 Å². The van der Waals surface area contributed by atoms with Gasteiger partial charge in [-0.3, -0.25) is 10.3 Å². The molecule has 0 saturated carbocycles. The maximum atomic E-state index is 5.47. The van der Waals surface area contributed by atoms with Gasteiger partial charge in [-0.1, -0.05) is 12.1 Å². The monoisotopic (exact) mass is 208 g/mol. The summed E-state index contributed by atoms with van der Waals surface area (Å²) in [5.74, 6) is 0. The van der Waals surface area contributed by atoms with Crippen LogP contribution in [0.2, 0.25) is 0 Å². The third kappa shape index (κ3) is 4.81. The summed E-state index contributed by atoms with van der Waals surface area (Å²) >= 11 is 0. The van der Waals surface area contributed by atoms with Gasteiger partial charge in [0.25, 0.3) is 0 Å². The maximum Gasteiger partial charge on any atom is 0.0876 e. The molecule has 0 amide bonds. The van der Waals surface area contributed by atoms with Crippen molar-refractivity contribution >= 4 is 5.69 Å². The fourth-order valence-corrected chi connectivity index (χ4v) is 1.12. The van der Waals surface area contributed by atoms with Crippen LogP contribution < -0.4 is 11.2 Å². The number of hydrogen-bond donors (Lipinski definition) is 2. The number of nitrogens with two attached hydrogens (primary N) is 1. The Morgan fingerprint density at radius 1 is 1.20 bits per heavy atom. The van der Waals surface area contributed by atoms with Crippen LogP contribution in [0.5, 0.6) is 0 Å². The lowest BCUT2D eigenvalue weighted by atomic mass is 10.1. The summed E-state index contributed by atoms with van der Waals surface area (Å²) in [5, 5.41) is 0. The molecular weight excluding hydrogens is 188 g/mol. The Balaban J connectivity index is 2.50. The quantitative estimate of drug-likeness (QED) is 0.746. The number of hydrogen-bond acceptors (Lipinski definition) is 3. The highest BCUT2D eigenvalue weighted by atomic mass is 16.7. The molecule has 0 aliphatic rings. The molecular formula is C12H20N2O. The van der Waals surface area contributed by atoms with Gasteiger partial charge in [0.15, 0.2) is 0 Å². The van der Waals surface area contributed by atoms with Crippen molar-refractivity contribution in [3.63, 3.8) is 0 Å². The Hall–Kier alpha value is -1.06. The molecule has 0 aliphatic carbocycles. The molecule has 0 aliphatic heterocycles. The molecule has 1 aromatic carbocycles. The summed E-state index contributed by atoms with van der Waals surface area (Å²) in [6.45, 7) is 6.69. The highest BCUT2D eigenvalue weighted by Crippen LogP contribution is 2.13. The van der Waals surface area contributed by atoms with Crippen molar-refractivity contribution in [3.05, 3.63) is 29.8 Å². The van der Waals surface area contributed by atoms with Gasteiger partial charge in [0.05, 0.1) is 11.3 Å². The normalized spacial score (nSPS) is 11.5.